The molecule has 0 aromatic heterocycles. The summed E-state index contributed by atoms with van der Waals surface area (Å²) < 4.78 is 122. The van der Waals surface area contributed by atoms with E-state index in [9.17, 15) is 59.0 Å². The SMILES string of the molecule is CC(OC(=O)NCC(O)C(F)(F)C(F)(F)C(F)(F)C(F)(F)F)C(=O)NC1C(=O)N(C)c2ccccc2-c2ccccc21. The molecule has 3 unspecified atom stereocenters. The molecule has 0 bridgehead atoms. The Morgan fingerprint density at radius 2 is 1.48 bits per heavy atom. The van der Waals surface area contributed by atoms with E-state index in [0.717, 1.165) is 6.92 Å². The summed E-state index contributed by atoms with van der Waals surface area (Å²) in [4.78, 5) is 39.2. The van der Waals surface area contributed by atoms with Crippen LogP contribution < -0.4 is 15.5 Å². The summed E-state index contributed by atoms with van der Waals surface area (Å²) in [7, 11) is 1.45. The number of para-hydroxylation sites is 1. The van der Waals surface area contributed by atoms with Crippen LogP contribution in [0.4, 0.5) is 50.0 Å². The maximum Gasteiger partial charge on any atom is 0.460 e. The van der Waals surface area contributed by atoms with E-state index >= 15 is 0 Å². The van der Waals surface area contributed by atoms with Crippen molar-refractivity contribution in [3.63, 3.8) is 0 Å². The van der Waals surface area contributed by atoms with Gasteiger partial charge in [0, 0.05) is 12.6 Å². The number of rotatable bonds is 8. The standard InChI is InChI=1S/C25H22F9N3O5/c1-12(42-21(41)35-11-17(38)22(26,27)23(28,29)24(30,31)25(32,33)34)19(39)36-18-15-9-4-3-7-13(15)14-8-5-6-10-16(14)37(2)20(18)40/h3-10,12,17-18,38H,11H2,1-2H3,(H,35,41)(H,36,39). The first-order valence-electron chi connectivity index (χ1n) is 11.8. The number of fused-ring (bicyclic) bond motifs is 3. The van der Waals surface area contributed by atoms with Gasteiger partial charge in [-0.2, -0.15) is 39.5 Å². The minimum Gasteiger partial charge on any atom is -0.436 e. The molecule has 1 aliphatic heterocycles. The van der Waals surface area contributed by atoms with Crippen LogP contribution in [0.3, 0.4) is 0 Å². The van der Waals surface area contributed by atoms with Gasteiger partial charge in [-0.15, -0.1) is 0 Å². The van der Waals surface area contributed by atoms with E-state index < -0.39 is 66.6 Å². The van der Waals surface area contributed by atoms with Gasteiger partial charge in [0.15, 0.2) is 6.10 Å². The predicted molar refractivity (Wildman–Crippen MR) is 127 cm³/mol. The van der Waals surface area contributed by atoms with Gasteiger partial charge in [0.05, 0.1) is 12.2 Å². The summed E-state index contributed by atoms with van der Waals surface area (Å²) in [5.41, 5.74) is 2.14. The fourth-order valence-corrected chi connectivity index (χ4v) is 3.99. The van der Waals surface area contributed by atoms with Crippen molar-refractivity contribution in [1.29, 1.82) is 0 Å². The van der Waals surface area contributed by atoms with Gasteiger partial charge in [0.2, 0.25) is 0 Å². The molecule has 230 valence electrons. The van der Waals surface area contributed by atoms with Crippen LogP contribution in [0.2, 0.25) is 0 Å². The van der Waals surface area contributed by atoms with Crippen LogP contribution in [0.15, 0.2) is 48.5 Å². The Morgan fingerprint density at radius 1 is 0.929 bits per heavy atom. The molecule has 42 heavy (non-hydrogen) atoms. The Labute approximate surface area is 231 Å². The van der Waals surface area contributed by atoms with Gasteiger partial charge in [-0.05, 0) is 24.1 Å². The van der Waals surface area contributed by atoms with E-state index in [0.29, 0.717) is 22.4 Å². The molecule has 0 radical (unpaired) electrons. The number of halogens is 9. The molecule has 17 heteroatoms. The number of aliphatic hydroxyl groups is 1. The molecule has 0 spiro atoms. The topological polar surface area (TPSA) is 108 Å². The molecular formula is C25H22F9N3O5. The van der Waals surface area contributed by atoms with E-state index in [2.05, 4.69) is 10.1 Å². The van der Waals surface area contributed by atoms with Crippen molar-refractivity contribution in [2.24, 2.45) is 0 Å². The van der Waals surface area contributed by atoms with Crippen LogP contribution in [0.25, 0.3) is 11.1 Å². The molecule has 2 aromatic rings. The summed E-state index contributed by atoms with van der Waals surface area (Å²) in [5.74, 6) is -22.4. The number of carbonyl (C=O) groups is 3. The summed E-state index contributed by atoms with van der Waals surface area (Å²) in [5, 5.41) is 12.9. The van der Waals surface area contributed by atoms with Crippen LogP contribution in [0.5, 0.6) is 0 Å². The molecule has 1 heterocycles. The minimum atomic E-state index is -7.24. The lowest BCUT2D eigenvalue weighted by Gasteiger charge is -2.35. The van der Waals surface area contributed by atoms with E-state index in [1.807, 2.05) is 0 Å². The molecule has 1 aliphatic rings. The zero-order chi connectivity index (χ0) is 31.8. The number of hydrogen-bond acceptors (Lipinski definition) is 5. The molecular weight excluding hydrogens is 593 g/mol. The molecule has 2 aromatic carbocycles. The fourth-order valence-electron chi connectivity index (χ4n) is 3.99. The number of aliphatic hydroxyl groups excluding tert-OH is 1. The minimum absolute atomic E-state index is 0.367. The monoisotopic (exact) mass is 615 g/mol. The van der Waals surface area contributed by atoms with E-state index in [1.165, 1.54) is 17.3 Å². The number of benzene rings is 2. The molecule has 0 aliphatic carbocycles. The number of alkyl halides is 9. The van der Waals surface area contributed by atoms with Crippen molar-refractivity contribution in [3.05, 3.63) is 54.1 Å². The Balaban J connectivity index is 1.68. The molecule has 3 N–H and O–H groups in total. The quantitative estimate of drug-likeness (QED) is 0.381. The number of ether oxygens (including phenoxy) is 1. The Bertz CT molecular complexity index is 1350. The lowest BCUT2D eigenvalue weighted by Crippen LogP contribution is -2.65. The molecule has 8 nitrogen and oxygen atoms in total. The van der Waals surface area contributed by atoms with E-state index in [4.69, 9.17) is 0 Å². The Kier molecular flexibility index (Phi) is 8.77. The number of amides is 3. The second kappa shape index (κ2) is 11.3. The van der Waals surface area contributed by atoms with Crippen molar-refractivity contribution in [2.75, 3.05) is 18.5 Å². The first-order chi connectivity index (χ1) is 19.3. The molecule has 3 amide bonds. The third kappa shape index (κ3) is 5.69. The zero-order valence-corrected chi connectivity index (χ0v) is 21.5. The van der Waals surface area contributed by atoms with Crippen molar-refractivity contribution < 1.29 is 63.7 Å². The van der Waals surface area contributed by atoms with Crippen LogP contribution in [0, 0.1) is 0 Å². The fraction of sp³-hybridized carbons (Fsp3) is 0.400. The number of anilines is 1. The van der Waals surface area contributed by atoms with Crippen LogP contribution in [-0.4, -0.2) is 72.8 Å². The number of nitrogens with one attached hydrogen (secondary N) is 2. The van der Waals surface area contributed by atoms with Crippen molar-refractivity contribution in [2.45, 2.75) is 49.1 Å². The van der Waals surface area contributed by atoms with Crippen LogP contribution in [-0.2, 0) is 14.3 Å². The van der Waals surface area contributed by atoms with Gasteiger partial charge in [-0.25, -0.2) is 4.79 Å². The second-order valence-corrected chi connectivity index (χ2v) is 9.16. The van der Waals surface area contributed by atoms with E-state index in [-0.39, 0.29) is 0 Å². The third-order valence-electron chi connectivity index (χ3n) is 6.37. The number of likely N-dealkylation sites (N-methyl/N-ethyl adjacent to an activating group) is 1. The number of nitrogens with zero attached hydrogens (tertiary/aromatic N) is 1. The van der Waals surface area contributed by atoms with Gasteiger partial charge in [0.25, 0.3) is 11.8 Å². The average molecular weight is 615 g/mol. The van der Waals surface area contributed by atoms with Gasteiger partial charge < -0.3 is 25.4 Å². The largest absolute Gasteiger partial charge is 0.460 e. The van der Waals surface area contributed by atoms with E-state index in [1.54, 1.807) is 48.5 Å². The maximum absolute atomic E-state index is 13.8. The molecule has 3 atom stereocenters. The Hall–Kier alpha value is -4.02. The normalized spacial score (nSPS) is 17.4. The van der Waals surface area contributed by atoms with Gasteiger partial charge in [0.1, 0.15) is 12.1 Å². The first-order valence-corrected chi connectivity index (χ1v) is 11.8. The molecule has 0 saturated heterocycles. The lowest BCUT2D eigenvalue weighted by molar-refractivity contribution is -0.405. The first kappa shape index (κ1) is 32.5. The zero-order valence-electron chi connectivity index (χ0n) is 21.5. The number of hydrogen-bond donors (Lipinski definition) is 3. The molecule has 0 fully saturated rings. The predicted octanol–water partition coefficient (Wildman–Crippen LogP) is 4.43. The number of carbonyl (C=O) groups excluding carboxylic acids is 3. The second-order valence-electron chi connectivity index (χ2n) is 9.16. The average Bonchev–Trinajstić information content (AvgIpc) is 3.00. The smallest absolute Gasteiger partial charge is 0.436 e. The summed E-state index contributed by atoms with van der Waals surface area (Å²) in [6.45, 7) is -1.01. The van der Waals surface area contributed by atoms with Crippen LogP contribution >= 0.6 is 0 Å². The highest BCUT2D eigenvalue weighted by molar-refractivity contribution is 6.06. The maximum atomic E-state index is 13.8. The highest BCUT2D eigenvalue weighted by Gasteiger charge is 2.83. The third-order valence-corrected chi connectivity index (χ3v) is 6.37. The summed E-state index contributed by atoms with van der Waals surface area (Å²) in [6, 6.07) is 12.1. The van der Waals surface area contributed by atoms with Crippen molar-refractivity contribution >= 4 is 23.6 Å². The molecule has 0 saturated carbocycles. The summed E-state index contributed by atoms with van der Waals surface area (Å²) in [6.07, 6.45) is -14.6. The van der Waals surface area contributed by atoms with Crippen LogP contribution in [0.1, 0.15) is 18.5 Å². The Morgan fingerprint density at radius 3 is 2.07 bits per heavy atom. The number of alkyl carbamates (subject to hydrolysis) is 1. The van der Waals surface area contributed by atoms with Crippen molar-refractivity contribution in [3.8, 4) is 11.1 Å². The van der Waals surface area contributed by atoms with Gasteiger partial charge >= 0.3 is 30.0 Å². The highest BCUT2D eigenvalue weighted by atomic mass is 19.4. The van der Waals surface area contributed by atoms with Gasteiger partial charge in [-0.1, -0.05) is 42.5 Å². The van der Waals surface area contributed by atoms with Crippen molar-refractivity contribution in [1.82, 2.24) is 10.6 Å². The lowest BCUT2D eigenvalue weighted by atomic mass is 9.95. The summed E-state index contributed by atoms with van der Waals surface area (Å²) >= 11 is 0. The molecule has 3 rings (SSSR count). The van der Waals surface area contributed by atoms with Gasteiger partial charge in [-0.3, -0.25) is 9.59 Å². The highest BCUT2D eigenvalue weighted by Crippen LogP contribution is 2.54.